The molecule has 2 aromatic rings. The molecule has 1 fully saturated rings. The number of carbonyl (C=O) groups is 1. The number of amides is 1. The molecular formula is C20H25ClN4O3S2. The van der Waals surface area contributed by atoms with Gasteiger partial charge in [0, 0.05) is 32.4 Å². The number of carbonyl (C=O) groups excluding carboxylic acids is 1. The Morgan fingerprint density at radius 2 is 1.97 bits per heavy atom. The van der Waals surface area contributed by atoms with E-state index in [-0.39, 0.29) is 34.7 Å². The standard InChI is InChI=1S/C20H25ClN4O3S2/c1-4-29-20-22-11-17(21)18(23-20)19(26)25(16-9-10-30(27,28)13-16)12-14-5-7-15(8-6-14)24(2)3/h5-8,11,16H,4,9-10,12-13H2,1-3H3/t16-/m0/s1. The molecule has 1 atom stereocenters. The smallest absolute Gasteiger partial charge is 0.274 e. The zero-order valence-corrected chi connectivity index (χ0v) is 19.6. The minimum atomic E-state index is -3.16. The number of halogens is 1. The average Bonchev–Trinajstić information content (AvgIpc) is 3.07. The third-order valence-electron chi connectivity index (χ3n) is 4.91. The summed E-state index contributed by atoms with van der Waals surface area (Å²) >= 11 is 7.67. The van der Waals surface area contributed by atoms with Gasteiger partial charge >= 0.3 is 0 Å². The van der Waals surface area contributed by atoms with Gasteiger partial charge < -0.3 is 9.80 Å². The van der Waals surface area contributed by atoms with Crippen molar-refractivity contribution in [3.8, 4) is 0 Å². The molecule has 0 N–H and O–H groups in total. The highest BCUT2D eigenvalue weighted by Crippen LogP contribution is 2.26. The normalized spacial score (nSPS) is 17.7. The number of hydrogen-bond donors (Lipinski definition) is 0. The second-order valence-electron chi connectivity index (χ2n) is 7.33. The van der Waals surface area contributed by atoms with E-state index >= 15 is 0 Å². The van der Waals surface area contributed by atoms with Crippen molar-refractivity contribution in [2.24, 2.45) is 0 Å². The summed E-state index contributed by atoms with van der Waals surface area (Å²) in [5, 5.41) is 0.633. The Bertz CT molecular complexity index is 1010. The molecule has 0 bridgehead atoms. The van der Waals surface area contributed by atoms with E-state index in [0.29, 0.717) is 11.6 Å². The van der Waals surface area contributed by atoms with Gasteiger partial charge in [-0.2, -0.15) is 0 Å². The fourth-order valence-electron chi connectivity index (χ4n) is 3.32. The number of rotatable bonds is 7. The predicted octanol–water partition coefficient (Wildman–Crippen LogP) is 3.14. The van der Waals surface area contributed by atoms with Crippen molar-refractivity contribution in [1.82, 2.24) is 14.9 Å². The van der Waals surface area contributed by atoms with Crippen LogP contribution >= 0.6 is 23.4 Å². The van der Waals surface area contributed by atoms with Crippen LogP contribution in [0.1, 0.15) is 29.4 Å². The summed E-state index contributed by atoms with van der Waals surface area (Å²) in [6.45, 7) is 2.25. The van der Waals surface area contributed by atoms with Gasteiger partial charge in [0.25, 0.3) is 5.91 Å². The quantitative estimate of drug-likeness (QED) is 0.456. The Balaban J connectivity index is 1.93. The van der Waals surface area contributed by atoms with Crippen LogP contribution in [-0.4, -0.2) is 66.6 Å². The van der Waals surface area contributed by atoms with E-state index in [1.165, 1.54) is 18.0 Å². The highest BCUT2D eigenvalue weighted by atomic mass is 35.5. The van der Waals surface area contributed by atoms with Crippen molar-refractivity contribution in [3.05, 3.63) is 46.7 Å². The Morgan fingerprint density at radius 3 is 2.53 bits per heavy atom. The molecule has 1 aliphatic heterocycles. The van der Waals surface area contributed by atoms with Crippen molar-refractivity contribution in [3.63, 3.8) is 0 Å². The number of benzene rings is 1. The lowest BCUT2D eigenvalue weighted by Gasteiger charge is -2.28. The van der Waals surface area contributed by atoms with E-state index in [1.807, 2.05) is 50.2 Å². The minimum Gasteiger partial charge on any atom is -0.378 e. The van der Waals surface area contributed by atoms with Crippen LogP contribution in [0.5, 0.6) is 0 Å². The molecular weight excluding hydrogens is 444 g/mol. The van der Waals surface area contributed by atoms with Crippen molar-refractivity contribution in [2.75, 3.05) is 36.3 Å². The first-order valence-corrected chi connectivity index (χ1v) is 12.8. The second-order valence-corrected chi connectivity index (χ2v) is 11.2. The summed E-state index contributed by atoms with van der Waals surface area (Å²) in [4.78, 5) is 25.5. The van der Waals surface area contributed by atoms with E-state index in [1.54, 1.807) is 4.90 Å². The highest BCUT2D eigenvalue weighted by molar-refractivity contribution is 7.99. The van der Waals surface area contributed by atoms with E-state index in [0.717, 1.165) is 17.0 Å². The van der Waals surface area contributed by atoms with Crippen LogP contribution in [-0.2, 0) is 16.4 Å². The summed E-state index contributed by atoms with van der Waals surface area (Å²) in [6.07, 6.45) is 1.83. The van der Waals surface area contributed by atoms with Crippen molar-refractivity contribution < 1.29 is 13.2 Å². The van der Waals surface area contributed by atoms with Gasteiger partial charge in [-0.25, -0.2) is 18.4 Å². The van der Waals surface area contributed by atoms with Gasteiger partial charge in [0.05, 0.1) is 22.7 Å². The van der Waals surface area contributed by atoms with E-state index in [4.69, 9.17) is 11.6 Å². The molecule has 1 amide bonds. The number of hydrogen-bond acceptors (Lipinski definition) is 7. The zero-order valence-electron chi connectivity index (χ0n) is 17.2. The minimum absolute atomic E-state index is 0.0478. The number of aromatic nitrogens is 2. The van der Waals surface area contributed by atoms with Crippen LogP contribution < -0.4 is 4.90 Å². The van der Waals surface area contributed by atoms with Gasteiger partial charge in [-0.15, -0.1) is 0 Å². The number of sulfone groups is 1. The summed E-state index contributed by atoms with van der Waals surface area (Å²) in [5.74, 6) is 0.417. The lowest BCUT2D eigenvalue weighted by Crippen LogP contribution is -2.41. The maximum absolute atomic E-state index is 13.4. The summed E-state index contributed by atoms with van der Waals surface area (Å²) in [7, 11) is 0.747. The lowest BCUT2D eigenvalue weighted by atomic mass is 10.1. The van der Waals surface area contributed by atoms with Crippen molar-refractivity contribution in [2.45, 2.75) is 31.1 Å². The molecule has 0 unspecified atom stereocenters. The van der Waals surface area contributed by atoms with Gasteiger partial charge in [0.1, 0.15) is 0 Å². The monoisotopic (exact) mass is 468 g/mol. The van der Waals surface area contributed by atoms with E-state index in [2.05, 4.69) is 9.97 Å². The second kappa shape index (κ2) is 9.53. The first kappa shape index (κ1) is 22.8. The topological polar surface area (TPSA) is 83.5 Å². The Kier molecular flexibility index (Phi) is 7.26. The maximum Gasteiger partial charge on any atom is 0.274 e. The Hall–Kier alpha value is -1.84. The van der Waals surface area contributed by atoms with Gasteiger partial charge in [-0.05, 0) is 29.9 Å². The lowest BCUT2D eigenvalue weighted by molar-refractivity contribution is 0.0674. The van der Waals surface area contributed by atoms with Crippen LogP contribution in [0.4, 0.5) is 5.69 Å². The average molecular weight is 469 g/mol. The molecule has 7 nitrogen and oxygen atoms in total. The zero-order chi connectivity index (χ0) is 21.9. The van der Waals surface area contributed by atoms with Crippen LogP contribution in [0.3, 0.4) is 0 Å². The first-order valence-electron chi connectivity index (χ1n) is 9.63. The predicted molar refractivity (Wildman–Crippen MR) is 121 cm³/mol. The fraction of sp³-hybridized carbons (Fsp3) is 0.450. The molecule has 3 rings (SSSR count). The van der Waals surface area contributed by atoms with Gasteiger partial charge in [-0.1, -0.05) is 42.4 Å². The molecule has 1 aromatic carbocycles. The molecule has 1 saturated heterocycles. The molecule has 0 aliphatic carbocycles. The molecule has 0 saturated carbocycles. The molecule has 162 valence electrons. The van der Waals surface area contributed by atoms with Crippen LogP contribution in [0.2, 0.25) is 5.02 Å². The molecule has 30 heavy (non-hydrogen) atoms. The SMILES string of the molecule is CCSc1ncc(Cl)c(C(=O)N(Cc2ccc(N(C)C)cc2)[C@H]2CCS(=O)(=O)C2)n1. The van der Waals surface area contributed by atoms with E-state index in [9.17, 15) is 13.2 Å². The van der Waals surface area contributed by atoms with Crippen molar-refractivity contribution >= 4 is 44.8 Å². The molecule has 0 spiro atoms. The summed E-state index contributed by atoms with van der Waals surface area (Å²) in [5.41, 5.74) is 2.06. The van der Waals surface area contributed by atoms with Crippen LogP contribution in [0.15, 0.2) is 35.6 Å². The molecule has 2 heterocycles. The van der Waals surface area contributed by atoms with Crippen LogP contribution in [0.25, 0.3) is 0 Å². The molecule has 1 aromatic heterocycles. The first-order chi connectivity index (χ1) is 14.2. The maximum atomic E-state index is 13.4. The third-order valence-corrected chi connectivity index (χ3v) is 7.68. The van der Waals surface area contributed by atoms with Gasteiger partial charge in [0.15, 0.2) is 20.7 Å². The third kappa shape index (κ3) is 5.44. The highest BCUT2D eigenvalue weighted by Gasteiger charge is 2.36. The van der Waals surface area contributed by atoms with Crippen molar-refractivity contribution in [1.29, 1.82) is 0 Å². The van der Waals surface area contributed by atoms with Gasteiger partial charge in [0.2, 0.25) is 0 Å². The van der Waals surface area contributed by atoms with Crippen LogP contribution in [0, 0.1) is 0 Å². The molecule has 1 aliphatic rings. The Labute approximate surface area is 186 Å². The van der Waals surface area contributed by atoms with E-state index < -0.39 is 15.9 Å². The largest absolute Gasteiger partial charge is 0.378 e. The Morgan fingerprint density at radius 1 is 1.27 bits per heavy atom. The molecule has 0 radical (unpaired) electrons. The molecule has 10 heteroatoms. The summed E-state index contributed by atoms with van der Waals surface area (Å²) < 4.78 is 24.2. The fourth-order valence-corrected chi connectivity index (χ4v) is 5.76. The number of thioether (sulfide) groups is 1. The number of nitrogens with zero attached hydrogens (tertiary/aromatic N) is 4. The number of anilines is 1. The van der Waals surface area contributed by atoms with Gasteiger partial charge in [-0.3, -0.25) is 4.79 Å². The summed E-state index contributed by atoms with van der Waals surface area (Å²) in [6, 6.07) is 7.41.